The Morgan fingerprint density at radius 3 is 2.69 bits per heavy atom. The van der Waals surface area contributed by atoms with Crippen LogP contribution < -0.4 is 10.5 Å². The molecule has 0 amide bonds. The van der Waals surface area contributed by atoms with Gasteiger partial charge in [-0.2, -0.15) is 0 Å². The van der Waals surface area contributed by atoms with E-state index in [4.69, 9.17) is 10.5 Å². The molecule has 0 aliphatic carbocycles. The molecule has 16 heavy (non-hydrogen) atoms. The summed E-state index contributed by atoms with van der Waals surface area (Å²) >= 11 is 3.23. The van der Waals surface area contributed by atoms with Crippen molar-refractivity contribution in [2.75, 3.05) is 13.7 Å². The Morgan fingerprint density at radius 2 is 2.12 bits per heavy atom. The Labute approximate surface area is 101 Å². The van der Waals surface area contributed by atoms with Crippen molar-refractivity contribution in [2.24, 2.45) is 5.73 Å². The van der Waals surface area contributed by atoms with E-state index in [0.717, 1.165) is 4.47 Å². The van der Waals surface area contributed by atoms with Gasteiger partial charge in [0.15, 0.2) is 0 Å². The lowest BCUT2D eigenvalue weighted by Gasteiger charge is -2.07. The van der Waals surface area contributed by atoms with E-state index in [1.165, 1.54) is 13.2 Å². The molecule has 0 spiro atoms. The first-order valence-electron chi connectivity index (χ1n) is 4.37. The van der Waals surface area contributed by atoms with E-state index in [1.807, 2.05) is 0 Å². The molecule has 86 valence electrons. The number of hydrogen-bond donors (Lipinski definition) is 1. The highest BCUT2D eigenvalue weighted by molar-refractivity contribution is 9.10. The van der Waals surface area contributed by atoms with Crippen molar-refractivity contribution >= 4 is 27.9 Å². The molecule has 0 radical (unpaired) electrons. The number of rotatable bonds is 3. The Morgan fingerprint density at radius 1 is 1.44 bits per heavy atom. The second-order valence-electron chi connectivity index (χ2n) is 2.81. The van der Waals surface area contributed by atoms with Gasteiger partial charge in [-0.1, -0.05) is 15.9 Å². The molecule has 0 heterocycles. The van der Waals surface area contributed by atoms with Gasteiger partial charge < -0.3 is 15.2 Å². The number of carbonyl (C=O) groups is 2. The largest absolute Gasteiger partial charge is 0.496 e. The summed E-state index contributed by atoms with van der Waals surface area (Å²) < 4.78 is 10.2. The van der Waals surface area contributed by atoms with Crippen molar-refractivity contribution in [1.82, 2.24) is 0 Å². The maximum Gasteiger partial charge on any atom is 0.349 e. The third-order valence-electron chi connectivity index (χ3n) is 1.76. The van der Waals surface area contributed by atoms with Crippen molar-refractivity contribution < 1.29 is 19.1 Å². The smallest absolute Gasteiger partial charge is 0.349 e. The molecule has 5 nitrogen and oxygen atoms in total. The van der Waals surface area contributed by atoms with E-state index < -0.39 is 11.9 Å². The minimum atomic E-state index is -0.782. The fraction of sp³-hybridized carbons (Fsp3) is 0.200. The Bertz CT molecular complexity index is 419. The van der Waals surface area contributed by atoms with Crippen LogP contribution >= 0.6 is 15.9 Å². The van der Waals surface area contributed by atoms with Crippen LogP contribution in [0.15, 0.2) is 22.7 Å². The highest BCUT2D eigenvalue weighted by Gasteiger charge is 2.16. The maximum atomic E-state index is 11.5. The van der Waals surface area contributed by atoms with Gasteiger partial charge in [0.2, 0.25) is 0 Å². The van der Waals surface area contributed by atoms with Gasteiger partial charge in [-0.25, -0.2) is 4.79 Å². The SMILES string of the molecule is COc1cc(Br)ccc1C(=O)OC(=O)CN. The van der Waals surface area contributed by atoms with Gasteiger partial charge in [-0.15, -0.1) is 0 Å². The van der Waals surface area contributed by atoms with Crippen molar-refractivity contribution in [3.05, 3.63) is 28.2 Å². The molecule has 0 fully saturated rings. The van der Waals surface area contributed by atoms with Crippen molar-refractivity contribution in [1.29, 1.82) is 0 Å². The van der Waals surface area contributed by atoms with Crippen LogP contribution in [0, 0.1) is 0 Å². The zero-order valence-electron chi connectivity index (χ0n) is 8.53. The third-order valence-corrected chi connectivity index (χ3v) is 2.25. The van der Waals surface area contributed by atoms with E-state index in [-0.39, 0.29) is 12.1 Å². The second kappa shape index (κ2) is 5.62. The van der Waals surface area contributed by atoms with Gasteiger partial charge in [0, 0.05) is 4.47 Å². The number of ether oxygens (including phenoxy) is 2. The van der Waals surface area contributed by atoms with Crippen LogP contribution in [0.4, 0.5) is 0 Å². The number of benzene rings is 1. The highest BCUT2D eigenvalue weighted by Crippen LogP contribution is 2.24. The van der Waals surface area contributed by atoms with Gasteiger partial charge in [0.1, 0.15) is 11.3 Å². The fourth-order valence-electron chi connectivity index (χ4n) is 1.03. The maximum absolute atomic E-state index is 11.5. The molecule has 6 heteroatoms. The fourth-order valence-corrected chi connectivity index (χ4v) is 1.37. The lowest BCUT2D eigenvalue weighted by atomic mass is 10.2. The van der Waals surface area contributed by atoms with E-state index in [0.29, 0.717) is 5.75 Å². The highest BCUT2D eigenvalue weighted by atomic mass is 79.9. The zero-order chi connectivity index (χ0) is 12.1. The normalized spacial score (nSPS) is 9.69. The predicted octanol–water partition coefficient (Wildman–Crippen LogP) is 1.10. The summed E-state index contributed by atoms with van der Waals surface area (Å²) in [5.74, 6) is -1.24. The molecule has 1 aromatic rings. The first-order valence-corrected chi connectivity index (χ1v) is 5.16. The zero-order valence-corrected chi connectivity index (χ0v) is 10.1. The van der Waals surface area contributed by atoms with Gasteiger partial charge in [0.05, 0.1) is 13.7 Å². The van der Waals surface area contributed by atoms with Crippen LogP contribution in [-0.2, 0) is 9.53 Å². The van der Waals surface area contributed by atoms with Crippen LogP contribution in [0.1, 0.15) is 10.4 Å². The molecule has 0 aromatic heterocycles. The molecular weight excluding hydrogens is 278 g/mol. The van der Waals surface area contributed by atoms with E-state index in [9.17, 15) is 9.59 Å². The quantitative estimate of drug-likeness (QED) is 0.665. The molecule has 0 saturated heterocycles. The molecule has 0 bridgehead atoms. The molecular formula is C10H10BrNO4. The first kappa shape index (κ1) is 12.7. The van der Waals surface area contributed by atoms with E-state index in [1.54, 1.807) is 12.1 Å². The van der Waals surface area contributed by atoms with Crippen molar-refractivity contribution in [3.63, 3.8) is 0 Å². The molecule has 0 aliphatic rings. The van der Waals surface area contributed by atoms with E-state index in [2.05, 4.69) is 20.7 Å². The molecule has 0 saturated carbocycles. The van der Waals surface area contributed by atoms with Crippen molar-refractivity contribution in [2.45, 2.75) is 0 Å². The lowest BCUT2D eigenvalue weighted by Crippen LogP contribution is -2.21. The Kier molecular flexibility index (Phi) is 4.45. The van der Waals surface area contributed by atoms with Crippen LogP contribution in [0.5, 0.6) is 5.75 Å². The summed E-state index contributed by atoms with van der Waals surface area (Å²) in [6.45, 7) is -0.343. The van der Waals surface area contributed by atoms with E-state index >= 15 is 0 Å². The average Bonchev–Trinajstić information content (AvgIpc) is 2.28. The summed E-state index contributed by atoms with van der Waals surface area (Å²) in [6.07, 6.45) is 0. The second-order valence-corrected chi connectivity index (χ2v) is 3.73. The molecule has 1 rings (SSSR count). The number of hydrogen-bond acceptors (Lipinski definition) is 5. The summed E-state index contributed by atoms with van der Waals surface area (Å²) in [5, 5.41) is 0. The van der Waals surface area contributed by atoms with Crippen LogP contribution in [0.3, 0.4) is 0 Å². The predicted molar refractivity (Wildman–Crippen MR) is 60.2 cm³/mol. The van der Waals surface area contributed by atoms with Gasteiger partial charge in [-0.05, 0) is 18.2 Å². The molecule has 0 aliphatic heterocycles. The topological polar surface area (TPSA) is 78.6 Å². The number of carbonyl (C=O) groups excluding carboxylic acids is 2. The number of esters is 2. The van der Waals surface area contributed by atoms with Crippen LogP contribution in [-0.4, -0.2) is 25.6 Å². The Hall–Kier alpha value is -1.40. The van der Waals surface area contributed by atoms with Crippen molar-refractivity contribution in [3.8, 4) is 5.75 Å². The lowest BCUT2D eigenvalue weighted by molar-refractivity contribution is -0.136. The summed E-state index contributed by atoms with van der Waals surface area (Å²) in [5.41, 5.74) is 5.20. The summed E-state index contributed by atoms with van der Waals surface area (Å²) in [6, 6.07) is 4.74. The Balaban J connectivity index is 2.94. The van der Waals surface area contributed by atoms with Gasteiger partial charge >= 0.3 is 11.9 Å². The van der Waals surface area contributed by atoms with Crippen LogP contribution in [0.2, 0.25) is 0 Å². The first-order chi connectivity index (χ1) is 7.58. The third kappa shape index (κ3) is 3.04. The minimum Gasteiger partial charge on any atom is -0.496 e. The number of nitrogens with two attached hydrogens (primary N) is 1. The minimum absolute atomic E-state index is 0.174. The molecule has 0 atom stereocenters. The average molecular weight is 288 g/mol. The van der Waals surface area contributed by atoms with Gasteiger partial charge in [-0.3, -0.25) is 4.79 Å². The van der Waals surface area contributed by atoms with Crippen LogP contribution in [0.25, 0.3) is 0 Å². The summed E-state index contributed by atoms with van der Waals surface area (Å²) in [7, 11) is 1.42. The summed E-state index contributed by atoms with van der Waals surface area (Å²) in [4.78, 5) is 22.4. The standard InChI is InChI=1S/C10H10BrNO4/c1-15-8-4-6(11)2-3-7(8)10(14)16-9(13)5-12/h2-4H,5,12H2,1H3. The molecule has 2 N–H and O–H groups in total. The monoisotopic (exact) mass is 287 g/mol. The number of methoxy groups -OCH3 is 1. The number of halogens is 1. The molecule has 0 unspecified atom stereocenters. The van der Waals surface area contributed by atoms with Gasteiger partial charge in [0.25, 0.3) is 0 Å². The molecule has 1 aromatic carbocycles.